The van der Waals surface area contributed by atoms with Crippen LogP contribution >= 0.6 is 11.6 Å². The summed E-state index contributed by atoms with van der Waals surface area (Å²) >= 11 is 6.06. The van der Waals surface area contributed by atoms with Crippen LogP contribution in [0.15, 0.2) is 54.6 Å². The van der Waals surface area contributed by atoms with Crippen LogP contribution in [0.4, 0.5) is 23.1 Å². The summed E-state index contributed by atoms with van der Waals surface area (Å²) in [5, 5.41) is 3.94. The number of rotatable bonds is 3. The van der Waals surface area contributed by atoms with Crippen molar-refractivity contribution in [2.45, 2.75) is 19.8 Å². The summed E-state index contributed by atoms with van der Waals surface area (Å²) in [6, 6.07) is 18.1. The van der Waals surface area contributed by atoms with E-state index in [2.05, 4.69) is 39.5 Å². The number of aromatic nitrogens is 2. The Balaban J connectivity index is 1.69. The van der Waals surface area contributed by atoms with Gasteiger partial charge in [-0.15, -0.1) is 0 Å². The van der Waals surface area contributed by atoms with E-state index in [0.29, 0.717) is 11.0 Å². The first-order valence-corrected chi connectivity index (χ1v) is 8.80. The number of halogens is 1. The zero-order chi connectivity index (χ0) is 17.2. The van der Waals surface area contributed by atoms with Gasteiger partial charge in [0.15, 0.2) is 0 Å². The molecule has 0 atom stereocenters. The molecule has 1 N–H and O–H groups in total. The third-order valence-corrected chi connectivity index (χ3v) is 4.54. The Morgan fingerprint density at radius 2 is 1.92 bits per heavy atom. The molecule has 1 aliphatic rings. The highest BCUT2D eigenvalue weighted by molar-refractivity contribution is 6.30. The first-order chi connectivity index (χ1) is 12.2. The molecular formula is C20H19ClN4. The molecule has 3 aromatic rings. The Hall–Kier alpha value is -2.59. The molecule has 1 aliphatic heterocycles. The third kappa shape index (κ3) is 3.44. The van der Waals surface area contributed by atoms with Crippen LogP contribution in [0.2, 0.25) is 5.02 Å². The molecule has 0 saturated carbocycles. The lowest BCUT2D eigenvalue weighted by molar-refractivity contribution is 0.758. The zero-order valence-electron chi connectivity index (χ0n) is 14.0. The summed E-state index contributed by atoms with van der Waals surface area (Å²) in [5.74, 6) is 1.50. The van der Waals surface area contributed by atoms with Crippen molar-refractivity contribution in [2.75, 3.05) is 16.8 Å². The first-order valence-electron chi connectivity index (χ1n) is 8.43. The number of hydrogen-bond acceptors (Lipinski definition) is 4. The van der Waals surface area contributed by atoms with Crippen molar-refractivity contribution in [3.63, 3.8) is 0 Å². The van der Waals surface area contributed by atoms with Crippen molar-refractivity contribution in [1.82, 2.24) is 9.97 Å². The Morgan fingerprint density at radius 3 is 2.80 bits per heavy atom. The lowest BCUT2D eigenvalue weighted by atomic mass is 10.0. The van der Waals surface area contributed by atoms with Gasteiger partial charge in [0.25, 0.3) is 0 Å². The van der Waals surface area contributed by atoms with Gasteiger partial charge in [0.05, 0.1) is 0 Å². The van der Waals surface area contributed by atoms with Crippen LogP contribution < -0.4 is 10.2 Å². The van der Waals surface area contributed by atoms with Crippen molar-refractivity contribution in [3.05, 3.63) is 70.9 Å². The molecule has 4 rings (SSSR count). The van der Waals surface area contributed by atoms with Crippen LogP contribution in [-0.4, -0.2) is 16.5 Å². The van der Waals surface area contributed by atoms with Gasteiger partial charge in [-0.1, -0.05) is 35.9 Å². The monoisotopic (exact) mass is 350 g/mol. The fourth-order valence-electron chi connectivity index (χ4n) is 3.21. The molecule has 4 nitrogen and oxygen atoms in total. The Kier molecular flexibility index (Phi) is 4.28. The summed E-state index contributed by atoms with van der Waals surface area (Å²) in [7, 11) is 0. The second-order valence-corrected chi connectivity index (χ2v) is 6.65. The number of benzene rings is 2. The fourth-order valence-corrected chi connectivity index (χ4v) is 3.40. The van der Waals surface area contributed by atoms with Crippen molar-refractivity contribution in [3.8, 4) is 0 Å². The normalized spacial score (nSPS) is 13.4. The van der Waals surface area contributed by atoms with Gasteiger partial charge < -0.3 is 10.2 Å². The largest absolute Gasteiger partial charge is 0.326 e. The Morgan fingerprint density at radius 1 is 1.04 bits per heavy atom. The summed E-state index contributed by atoms with van der Waals surface area (Å²) in [6.45, 7) is 2.95. The highest BCUT2D eigenvalue weighted by Crippen LogP contribution is 2.33. The molecule has 0 fully saturated rings. The van der Waals surface area contributed by atoms with Crippen LogP contribution in [-0.2, 0) is 6.42 Å². The van der Waals surface area contributed by atoms with Gasteiger partial charge in [0.2, 0.25) is 5.95 Å². The molecule has 0 saturated heterocycles. The molecule has 0 unspecified atom stereocenters. The third-order valence-electron chi connectivity index (χ3n) is 4.31. The maximum atomic E-state index is 6.06. The van der Waals surface area contributed by atoms with E-state index in [1.165, 1.54) is 11.3 Å². The average molecular weight is 351 g/mol. The Labute approximate surface area is 152 Å². The molecule has 25 heavy (non-hydrogen) atoms. The maximum Gasteiger partial charge on any atom is 0.229 e. The number of nitrogens with one attached hydrogen (secondary N) is 1. The van der Waals surface area contributed by atoms with Gasteiger partial charge in [-0.25, -0.2) is 4.98 Å². The van der Waals surface area contributed by atoms with Gasteiger partial charge in [-0.05, 0) is 49.6 Å². The fraction of sp³-hybridized carbons (Fsp3) is 0.200. The minimum absolute atomic E-state index is 0.584. The smallest absolute Gasteiger partial charge is 0.229 e. The predicted octanol–water partition coefficient (Wildman–Crippen LogP) is 5.27. The molecule has 0 radical (unpaired) electrons. The minimum atomic E-state index is 0.584. The minimum Gasteiger partial charge on any atom is -0.326 e. The lowest BCUT2D eigenvalue weighted by Gasteiger charge is -2.30. The van der Waals surface area contributed by atoms with Crippen LogP contribution in [0, 0.1) is 6.92 Å². The van der Waals surface area contributed by atoms with Gasteiger partial charge >= 0.3 is 0 Å². The number of aryl methyl sites for hydroxylation is 2. The van der Waals surface area contributed by atoms with Crippen LogP contribution in [0.3, 0.4) is 0 Å². The van der Waals surface area contributed by atoms with Crippen LogP contribution in [0.5, 0.6) is 0 Å². The molecule has 5 heteroatoms. The maximum absolute atomic E-state index is 6.06. The van der Waals surface area contributed by atoms with Gasteiger partial charge in [-0.2, -0.15) is 4.98 Å². The lowest BCUT2D eigenvalue weighted by Crippen LogP contribution is -2.25. The number of nitrogens with zero attached hydrogens (tertiary/aromatic N) is 3. The SMILES string of the molecule is Cc1cc(N2CCCc3ccccc32)nc(Nc2cccc(Cl)c2)n1. The number of para-hydroxylation sites is 1. The summed E-state index contributed by atoms with van der Waals surface area (Å²) in [6.07, 6.45) is 2.24. The topological polar surface area (TPSA) is 41.1 Å². The first kappa shape index (κ1) is 15.9. The molecule has 2 heterocycles. The molecule has 0 aliphatic carbocycles. The van der Waals surface area contributed by atoms with E-state index in [-0.39, 0.29) is 0 Å². The van der Waals surface area contributed by atoms with Crippen LogP contribution in [0.25, 0.3) is 0 Å². The summed E-state index contributed by atoms with van der Waals surface area (Å²) in [4.78, 5) is 11.5. The van der Waals surface area contributed by atoms with Gasteiger partial charge in [0, 0.05) is 34.7 Å². The second kappa shape index (κ2) is 6.73. The quantitative estimate of drug-likeness (QED) is 0.699. The Bertz CT molecular complexity index is 910. The number of fused-ring (bicyclic) bond motifs is 1. The molecule has 0 spiro atoms. The molecule has 0 bridgehead atoms. The van der Waals surface area contributed by atoms with Crippen molar-refractivity contribution in [2.24, 2.45) is 0 Å². The van der Waals surface area contributed by atoms with Gasteiger partial charge in [-0.3, -0.25) is 0 Å². The van der Waals surface area contributed by atoms with Crippen molar-refractivity contribution in [1.29, 1.82) is 0 Å². The molecule has 0 amide bonds. The molecule has 2 aromatic carbocycles. The number of hydrogen-bond donors (Lipinski definition) is 1. The van der Waals surface area contributed by atoms with E-state index >= 15 is 0 Å². The van der Waals surface area contributed by atoms with E-state index in [4.69, 9.17) is 16.6 Å². The predicted molar refractivity (Wildman–Crippen MR) is 103 cm³/mol. The van der Waals surface area contributed by atoms with E-state index in [0.717, 1.165) is 36.6 Å². The highest BCUT2D eigenvalue weighted by atomic mass is 35.5. The summed E-state index contributed by atoms with van der Waals surface area (Å²) in [5.41, 5.74) is 4.41. The van der Waals surface area contributed by atoms with E-state index < -0.39 is 0 Å². The molecule has 1 aromatic heterocycles. The number of anilines is 4. The standard InChI is InChI=1S/C20H19ClN4/c1-14-12-19(25-11-5-7-15-6-2-3-10-18(15)25)24-20(22-14)23-17-9-4-8-16(21)13-17/h2-4,6,8-10,12-13H,5,7,11H2,1H3,(H,22,23,24). The van der Waals surface area contributed by atoms with Crippen molar-refractivity contribution >= 4 is 34.7 Å². The van der Waals surface area contributed by atoms with Gasteiger partial charge in [0.1, 0.15) is 5.82 Å². The van der Waals surface area contributed by atoms with E-state index in [1.54, 1.807) is 0 Å². The zero-order valence-corrected chi connectivity index (χ0v) is 14.8. The highest BCUT2D eigenvalue weighted by Gasteiger charge is 2.19. The van der Waals surface area contributed by atoms with E-state index in [9.17, 15) is 0 Å². The summed E-state index contributed by atoms with van der Waals surface area (Å²) < 4.78 is 0. The molecular weight excluding hydrogens is 332 g/mol. The molecule has 126 valence electrons. The van der Waals surface area contributed by atoms with Crippen molar-refractivity contribution < 1.29 is 0 Å². The second-order valence-electron chi connectivity index (χ2n) is 6.21. The van der Waals surface area contributed by atoms with E-state index in [1.807, 2.05) is 37.3 Å². The average Bonchev–Trinajstić information content (AvgIpc) is 2.61. The van der Waals surface area contributed by atoms with Crippen LogP contribution in [0.1, 0.15) is 17.7 Å².